The Hall–Kier alpha value is -2.73. The second-order valence-corrected chi connectivity index (χ2v) is 8.62. The third-order valence-electron chi connectivity index (χ3n) is 5.22. The summed E-state index contributed by atoms with van der Waals surface area (Å²) in [5.74, 6) is 1.48. The highest BCUT2D eigenvalue weighted by atomic mass is 32.2. The Kier molecular flexibility index (Phi) is 5.13. The van der Waals surface area contributed by atoms with E-state index in [-0.39, 0.29) is 5.91 Å². The lowest BCUT2D eigenvalue weighted by atomic mass is 10.1. The zero-order valence-corrected chi connectivity index (χ0v) is 16.9. The highest BCUT2D eigenvalue weighted by Gasteiger charge is 2.28. The van der Waals surface area contributed by atoms with E-state index in [9.17, 15) is 9.00 Å². The monoisotopic (exact) mass is 393 g/mol. The molecular weight excluding hydrogens is 370 g/mol. The summed E-state index contributed by atoms with van der Waals surface area (Å²) in [5.41, 5.74) is 6.07. The van der Waals surface area contributed by atoms with Crippen molar-refractivity contribution in [3.63, 3.8) is 0 Å². The van der Waals surface area contributed by atoms with Gasteiger partial charge >= 0.3 is 0 Å². The Labute approximate surface area is 167 Å². The van der Waals surface area contributed by atoms with Gasteiger partial charge in [-0.3, -0.25) is 9.00 Å². The van der Waals surface area contributed by atoms with Crippen molar-refractivity contribution in [2.45, 2.75) is 38.2 Å². The van der Waals surface area contributed by atoms with Crippen molar-refractivity contribution in [1.82, 2.24) is 9.78 Å². The van der Waals surface area contributed by atoms with E-state index in [2.05, 4.69) is 25.2 Å². The van der Waals surface area contributed by atoms with Gasteiger partial charge in [0.2, 0.25) is 5.91 Å². The summed E-state index contributed by atoms with van der Waals surface area (Å²) < 4.78 is 13.8. The Morgan fingerprint density at radius 3 is 2.68 bits per heavy atom. The van der Waals surface area contributed by atoms with Gasteiger partial charge in [-0.15, -0.1) is 0 Å². The van der Waals surface area contributed by atoms with Crippen LogP contribution in [0.15, 0.2) is 48.5 Å². The van der Waals surface area contributed by atoms with E-state index in [1.807, 2.05) is 47.1 Å². The van der Waals surface area contributed by atoms with E-state index in [1.54, 1.807) is 0 Å². The minimum absolute atomic E-state index is 0.0595. The van der Waals surface area contributed by atoms with Crippen LogP contribution in [0.3, 0.4) is 0 Å². The third kappa shape index (κ3) is 3.64. The summed E-state index contributed by atoms with van der Waals surface area (Å²) in [4.78, 5) is 12.7. The summed E-state index contributed by atoms with van der Waals surface area (Å²) in [6.07, 6.45) is 1.07. The van der Waals surface area contributed by atoms with E-state index >= 15 is 0 Å². The van der Waals surface area contributed by atoms with Crippen molar-refractivity contribution in [3.8, 4) is 5.69 Å². The van der Waals surface area contributed by atoms with E-state index in [1.165, 1.54) is 0 Å². The first-order chi connectivity index (χ1) is 13.5. The summed E-state index contributed by atoms with van der Waals surface area (Å²) in [6.45, 7) is 4.11. The van der Waals surface area contributed by atoms with Gasteiger partial charge in [0.05, 0.1) is 22.9 Å². The highest BCUT2D eigenvalue weighted by Crippen LogP contribution is 2.32. The Morgan fingerprint density at radius 1 is 1.11 bits per heavy atom. The van der Waals surface area contributed by atoms with Crippen LogP contribution < -0.4 is 5.32 Å². The topological polar surface area (TPSA) is 64.0 Å². The molecule has 1 atom stereocenters. The van der Waals surface area contributed by atoms with E-state index in [0.717, 1.165) is 33.6 Å². The van der Waals surface area contributed by atoms with Crippen molar-refractivity contribution in [3.05, 3.63) is 76.5 Å². The molecule has 0 unspecified atom stereocenters. The van der Waals surface area contributed by atoms with Crippen molar-refractivity contribution < 1.29 is 9.00 Å². The van der Waals surface area contributed by atoms with Gasteiger partial charge in [0.1, 0.15) is 5.82 Å². The van der Waals surface area contributed by atoms with Gasteiger partial charge in [-0.05, 0) is 43.0 Å². The predicted octanol–water partition coefficient (Wildman–Crippen LogP) is 3.82. The van der Waals surface area contributed by atoms with Crippen LogP contribution in [-0.4, -0.2) is 19.9 Å². The van der Waals surface area contributed by atoms with Gasteiger partial charge in [0, 0.05) is 22.8 Å². The summed E-state index contributed by atoms with van der Waals surface area (Å²) in [5, 5.41) is 7.75. The first kappa shape index (κ1) is 18.6. The highest BCUT2D eigenvalue weighted by molar-refractivity contribution is 7.83. The maximum atomic E-state index is 12.7. The first-order valence-electron chi connectivity index (χ1n) is 9.39. The largest absolute Gasteiger partial charge is 0.310 e. The van der Waals surface area contributed by atoms with E-state index in [4.69, 9.17) is 5.10 Å². The van der Waals surface area contributed by atoms with E-state index in [0.29, 0.717) is 30.2 Å². The number of benzene rings is 2. The molecule has 1 aliphatic rings. The van der Waals surface area contributed by atoms with Crippen molar-refractivity contribution >= 4 is 22.5 Å². The van der Waals surface area contributed by atoms with Crippen molar-refractivity contribution in [2.75, 3.05) is 5.32 Å². The maximum Gasteiger partial charge on any atom is 0.225 e. The molecule has 28 heavy (non-hydrogen) atoms. The molecule has 144 valence electrons. The number of hydrogen-bond donors (Lipinski definition) is 1. The van der Waals surface area contributed by atoms with Gasteiger partial charge < -0.3 is 5.32 Å². The van der Waals surface area contributed by atoms with Crippen LogP contribution in [0.25, 0.3) is 5.69 Å². The SMILES string of the molecule is Cc1cccc(-n2nc3c(c2NC(=O)CCc2ccccc2)C[S@](=O)C3)c1C. The van der Waals surface area contributed by atoms with Gasteiger partial charge in [-0.1, -0.05) is 42.5 Å². The number of nitrogens with one attached hydrogen (secondary N) is 1. The molecule has 0 fully saturated rings. The number of nitrogens with zero attached hydrogens (tertiary/aromatic N) is 2. The molecule has 1 aromatic heterocycles. The number of amides is 1. The summed E-state index contributed by atoms with van der Waals surface area (Å²) >= 11 is 0. The minimum atomic E-state index is -0.948. The Morgan fingerprint density at radius 2 is 1.89 bits per heavy atom. The minimum Gasteiger partial charge on any atom is -0.310 e. The lowest BCUT2D eigenvalue weighted by Crippen LogP contribution is -2.17. The van der Waals surface area contributed by atoms with Gasteiger partial charge in [-0.2, -0.15) is 5.10 Å². The van der Waals surface area contributed by atoms with E-state index < -0.39 is 10.8 Å². The number of aromatic nitrogens is 2. The second-order valence-electron chi connectivity index (χ2n) is 7.17. The number of rotatable bonds is 5. The molecule has 0 radical (unpaired) electrons. The van der Waals surface area contributed by atoms with Crippen LogP contribution >= 0.6 is 0 Å². The number of carbonyl (C=O) groups is 1. The molecule has 0 saturated heterocycles. The molecule has 1 aliphatic heterocycles. The van der Waals surface area contributed by atoms with Crippen LogP contribution in [0, 0.1) is 13.8 Å². The van der Waals surface area contributed by atoms with Gasteiger partial charge in [0.15, 0.2) is 0 Å². The normalized spacial score (nSPS) is 15.4. The molecule has 1 N–H and O–H groups in total. The number of carbonyl (C=O) groups excluding carboxylic acids is 1. The van der Waals surface area contributed by atoms with Crippen molar-refractivity contribution in [2.24, 2.45) is 0 Å². The smallest absolute Gasteiger partial charge is 0.225 e. The fraction of sp³-hybridized carbons (Fsp3) is 0.273. The molecule has 4 rings (SSSR count). The Balaban J connectivity index is 1.63. The molecule has 5 nitrogen and oxygen atoms in total. The predicted molar refractivity (Wildman–Crippen MR) is 112 cm³/mol. The van der Waals surface area contributed by atoms with Crippen LogP contribution in [0.2, 0.25) is 0 Å². The zero-order valence-electron chi connectivity index (χ0n) is 16.1. The number of fused-ring (bicyclic) bond motifs is 1. The first-order valence-corrected chi connectivity index (χ1v) is 10.9. The van der Waals surface area contributed by atoms with Gasteiger partial charge in [0.25, 0.3) is 0 Å². The summed E-state index contributed by atoms with van der Waals surface area (Å²) in [6, 6.07) is 16.0. The second kappa shape index (κ2) is 7.72. The van der Waals surface area contributed by atoms with Crippen LogP contribution in [0.4, 0.5) is 5.82 Å². The molecule has 6 heteroatoms. The number of anilines is 1. The molecule has 0 spiro atoms. The Bertz CT molecular complexity index is 1060. The van der Waals surface area contributed by atoms with Crippen LogP contribution in [0.1, 0.15) is 34.4 Å². The average Bonchev–Trinajstić information content (AvgIpc) is 3.20. The van der Waals surface area contributed by atoms with Crippen LogP contribution in [-0.2, 0) is 33.5 Å². The fourth-order valence-corrected chi connectivity index (χ4v) is 4.76. The van der Waals surface area contributed by atoms with Crippen molar-refractivity contribution in [1.29, 1.82) is 0 Å². The van der Waals surface area contributed by atoms with Crippen LogP contribution in [0.5, 0.6) is 0 Å². The standard InChI is InChI=1S/C22H23N3O2S/c1-15-7-6-10-20(16(15)2)25-22(18-13-28(27)14-19(18)24-25)23-21(26)12-11-17-8-4-3-5-9-17/h3-10H,11-14H2,1-2H3,(H,23,26)/t28-/m0/s1. The van der Waals surface area contributed by atoms with Gasteiger partial charge in [-0.25, -0.2) is 4.68 Å². The molecule has 1 amide bonds. The number of aryl methyl sites for hydroxylation is 2. The third-order valence-corrected chi connectivity index (χ3v) is 6.42. The molecule has 2 aromatic carbocycles. The molecule has 2 heterocycles. The number of hydrogen-bond acceptors (Lipinski definition) is 3. The quantitative estimate of drug-likeness (QED) is 0.717. The molecule has 0 bridgehead atoms. The lowest BCUT2D eigenvalue weighted by Gasteiger charge is -2.14. The summed E-state index contributed by atoms with van der Waals surface area (Å²) in [7, 11) is -0.948. The molecule has 3 aromatic rings. The molecule has 0 saturated carbocycles. The lowest BCUT2D eigenvalue weighted by molar-refractivity contribution is -0.116. The molecule has 0 aliphatic carbocycles. The zero-order chi connectivity index (χ0) is 19.7. The maximum absolute atomic E-state index is 12.7. The average molecular weight is 394 g/mol. The fourth-order valence-electron chi connectivity index (χ4n) is 3.49. The molecular formula is C22H23N3O2S.